The summed E-state index contributed by atoms with van der Waals surface area (Å²) in [7, 11) is 1.71. The van der Waals surface area contributed by atoms with E-state index < -0.39 is 0 Å². The van der Waals surface area contributed by atoms with E-state index in [1.807, 2.05) is 40.3 Å². The number of carbonyl (C=O) groups is 1. The monoisotopic (exact) mass is 397 g/mol. The maximum absolute atomic E-state index is 12.3. The Morgan fingerprint density at radius 1 is 1.26 bits per heavy atom. The van der Waals surface area contributed by atoms with Crippen LogP contribution in [0.5, 0.6) is 0 Å². The molecule has 0 saturated carbocycles. The number of nitriles is 1. The summed E-state index contributed by atoms with van der Waals surface area (Å²) in [6.45, 7) is 1.08. The summed E-state index contributed by atoms with van der Waals surface area (Å²) in [4.78, 5) is 14.9. The zero-order valence-corrected chi connectivity index (χ0v) is 16.5. The lowest BCUT2D eigenvalue weighted by atomic mass is 10.2. The van der Waals surface area contributed by atoms with E-state index >= 15 is 0 Å². The Morgan fingerprint density at radius 2 is 2.07 bits per heavy atom. The van der Waals surface area contributed by atoms with Gasteiger partial charge in [-0.3, -0.25) is 9.36 Å². The van der Waals surface area contributed by atoms with Crippen molar-refractivity contribution in [3.63, 3.8) is 0 Å². The molecular weight excluding hydrogens is 378 g/mol. The van der Waals surface area contributed by atoms with Crippen LogP contribution >= 0.6 is 23.1 Å². The van der Waals surface area contributed by atoms with Gasteiger partial charge >= 0.3 is 0 Å². The van der Waals surface area contributed by atoms with Crippen molar-refractivity contribution in [2.75, 3.05) is 19.3 Å². The smallest absolute Gasteiger partial charge is 0.232 e. The Kier molecular flexibility index (Phi) is 6.63. The van der Waals surface area contributed by atoms with E-state index in [0.29, 0.717) is 24.7 Å². The summed E-state index contributed by atoms with van der Waals surface area (Å²) in [6.07, 6.45) is 0.333. The van der Waals surface area contributed by atoms with Gasteiger partial charge in [-0.2, -0.15) is 5.26 Å². The molecule has 0 N–H and O–H groups in total. The lowest BCUT2D eigenvalue weighted by Crippen LogP contribution is -2.29. The Hall–Kier alpha value is -2.63. The second-order valence-corrected chi connectivity index (χ2v) is 7.76. The van der Waals surface area contributed by atoms with Gasteiger partial charge in [-0.25, -0.2) is 0 Å². The number of hydrogen-bond acceptors (Lipinski definition) is 6. The highest BCUT2D eigenvalue weighted by atomic mass is 32.2. The number of benzene rings is 1. The van der Waals surface area contributed by atoms with Crippen LogP contribution in [0.15, 0.2) is 53.0 Å². The fourth-order valence-electron chi connectivity index (χ4n) is 2.47. The number of hydrogen-bond donors (Lipinski definition) is 0. The molecule has 2 aromatic heterocycles. The third-order valence-corrected chi connectivity index (χ3v) is 5.77. The molecule has 3 aromatic rings. The lowest BCUT2D eigenvalue weighted by Gasteiger charge is -2.15. The van der Waals surface area contributed by atoms with Crippen molar-refractivity contribution in [2.45, 2.75) is 18.1 Å². The fraction of sp³-hybridized carbons (Fsp3) is 0.263. The summed E-state index contributed by atoms with van der Waals surface area (Å²) in [5, 5.41) is 20.1. The molecule has 0 saturated heterocycles. The number of carbonyl (C=O) groups excluding carboxylic acids is 1. The van der Waals surface area contributed by atoms with Crippen molar-refractivity contribution in [3.05, 3.63) is 53.4 Å². The number of nitrogens with zero attached hydrogens (tertiary/aromatic N) is 5. The van der Waals surface area contributed by atoms with Gasteiger partial charge in [0.25, 0.3) is 0 Å². The Morgan fingerprint density at radius 3 is 2.78 bits per heavy atom. The van der Waals surface area contributed by atoms with E-state index in [2.05, 4.69) is 28.4 Å². The molecule has 0 unspecified atom stereocenters. The van der Waals surface area contributed by atoms with E-state index in [-0.39, 0.29) is 11.7 Å². The van der Waals surface area contributed by atoms with Gasteiger partial charge in [0.1, 0.15) is 0 Å². The van der Waals surface area contributed by atoms with E-state index in [1.54, 1.807) is 23.3 Å². The van der Waals surface area contributed by atoms with Crippen molar-refractivity contribution >= 4 is 29.0 Å². The number of thioether (sulfide) groups is 1. The molecule has 138 valence electrons. The van der Waals surface area contributed by atoms with Gasteiger partial charge in [0, 0.05) is 13.6 Å². The third kappa shape index (κ3) is 4.96. The summed E-state index contributed by atoms with van der Waals surface area (Å²) in [5.74, 6) is 1.04. The van der Waals surface area contributed by atoms with Crippen LogP contribution in [0.3, 0.4) is 0 Å². The first-order valence-corrected chi connectivity index (χ1v) is 10.3. The fourth-order valence-corrected chi connectivity index (χ4v) is 4.07. The first-order chi connectivity index (χ1) is 13.2. The Labute approximate surface area is 166 Å². The standard InChI is InChI=1S/C19H19N5OS2/c1-23(11-6-10-20)17(25)14-27-19-22-21-18(16-9-5-12-26-16)24(19)13-15-7-3-2-4-8-15/h2-5,7-9,12H,6,11,13-14H2,1H3. The van der Waals surface area contributed by atoms with Crippen LogP contribution < -0.4 is 0 Å². The second-order valence-electron chi connectivity index (χ2n) is 5.87. The minimum absolute atomic E-state index is 0.0258. The molecule has 0 bridgehead atoms. The van der Waals surface area contributed by atoms with Gasteiger partial charge in [0.05, 0.1) is 29.7 Å². The zero-order chi connectivity index (χ0) is 19.1. The molecule has 0 atom stereocenters. The zero-order valence-electron chi connectivity index (χ0n) is 14.9. The Balaban J connectivity index is 1.78. The van der Waals surface area contributed by atoms with Gasteiger partial charge in [-0.05, 0) is 17.0 Å². The minimum atomic E-state index is -0.0258. The van der Waals surface area contributed by atoms with Crippen LogP contribution in [-0.2, 0) is 11.3 Å². The van der Waals surface area contributed by atoms with Gasteiger partial charge < -0.3 is 4.90 Å². The summed E-state index contributed by atoms with van der Waals surface area (Å²) >= 11 is 2.99. The SMILES string of the molecule is CN(CCC#N)C(=O)CSc1nnc(-c2cccs2)n1Cc1ccccc1. The van der Waals surface area contributed by atoms with Crippen LogP contribution in [0.2, 0.25) is 0 Å². The van der Waals surface area contributed by atoms with Gasteiger partial charge in [0.15, 0.2) is 11.0 Å². The van der Waals surface area contributed by atoms with Gasteiger partial charge in [-0.15, -0.1) is 21.5 Å². The number of aromatic nitrogens is 3. The molecule has 6 nitrogen and oxygen atoms in total. The lowest BCUT2D eigenvalue weighted by molar-refractivity contribution is -0.127. The molecule has 2 heterocycles. The molecule has 8 heteroatoms. The average molecular weight is 398 g/mol. The average Bonchev–Trinajstić information content (AvgIpc) is 3.35. The van der Waals surface area contributed by atoms with E-state index in [1.165, 1.54) is 11.8 Å². The second kappa shape index (κ2) is 9.35. The molecule has 1 aromatic carbocycles. The predicted molar refractivity (Wildman–Crippen MR) is 107 cm³/mol. The number of amides is 1. The molecule has 0 aliphatic carbocycles. The molecule has 27 heavy (non-hydrogen) atoms. The van der Waals surface area contributed by atoms with Crippen molar-refractivity contribution < 1.29 is 4.79 Å². The van der Waals surface area contributed by atoms with Crippen molar-refractivity contribution in [1.29, 1.82) is 5.26 Å². The summed E-state index contributed by atoms with van der Waals surface area (Å²) in [5.41, 5.74) is 1.15. The number of rotatable bonds is 8. The normalized spacial score (nSPS) is 10.5. The van der Waals surface area contributed by atoms with Crippen LogP contribution in [0.25, 0.3) is 10.7 Å². The molecule has 0 fully saturated rings. The van der Waals surface area contributed by atoms with Crippen LogP contribution in [0, 0.1) is 11.3 Å². The topological polar surface area (TPSA) is 74.8 Å². The highest BCUT2D eigenvalue weighted by Gasteiger charge is 2.17. The van der Waals surface area contributed by atoms with E-state index in [4.69, 9.17) is 5.26 Å². The first-order valence-electron chi connectivity index (χ1n) is 8.43. The molecule has 0 radical (unpaired) electrons. The Bertz CT molecular complexity index is 915. The largest absolute Gasteiger partial charge is 0.344 e. The van der Waals surface area contributed by atoms with Crippen LogP contribution in [-0.4, -0.2) is 44.9 Å². The van der Waals surface area contributed by atoms with Crippen molar-refractivity contribution in [2.24, 2.45) is 0 Å². The predicted octanol–water partition coefficient (Wildman–Crippen LogP) is 3.52. The molecular formula is C19H19N5OS2. The summed E-state index contributed by atoms with van der Waals surface area (Å²) in [6, 6.07) is 16.2. The molecule has 1 amide bonds. The highest BCUT2D eigenvalue weighted by molar-refractivity contribution is 7.99. The molecule has 0 spiro atoms. The maximum Gasteiger partial charge on any atom is 0.232 e. The molecule has 0 aliphatic rings. The van der Waals surface area contributed by atoms with Crippen LogP contribution in [0.1, 0.15) is 12.0 Å². The van der Waals surface area contributed by atoms with E-state index in [9.17, 15) is 4.79 Å². The van der Waals surface area contributed by atoms with E-state index in [0.717, 1.165) is 16.3 Å². The first kappa shape index (κ1) is 19.1. The van der Waals surface area contributed by atoms with Crippen LogP contribution in [0.4, 0.5) is 0 Å². The molecule has 0 aliphatic heterocycles. The molecule has 3 rings (SSSR count). The third-order valence-electron chi connectivity index (χ3n) is 3.95. The number of thiophene rings is 1. The van der Waals surface area contributed by atoms with Gasteiger partial charge in [-0.1, -0.05) is 48.2 Å². The van der Waals surface area contributed by atoms with Crippen molar-refractivity contribution in [1.82, 2.24) is 19.7 Å². The summed E-state index contributed by atoms with van der Waals surface area (Å²) < 4.78 is 2.05. The quantitative estimate of drug-likeness (QED) is 0.544. The highest BCUT2D eigenvalue weighted by Crippen LogP contribution is 2.28. The maximum atomic E-state index is 12.3. The van der Waals surface area contributed by atoms with Crippen molar-refractivity contribution in [3.8, 4) is 16.8 Å². The minimum Gasteiger partial charge on any atom is -0.344 e. The van der Waals surface area contributed by atoms with Gasteiger partial charge in [0.2, 0.25) is 5.91 Å².